The summed E-state index contributed by atoms with van der Waals surface area (Å²) >= 11 is 0. The van der Waals surface area contributed by atoms with Crippen molar-refractivity contribution >= 4 is 17.3 Å². The van der Waals surface area contributed by atoms with E-state index in [2.05, 4.69) is 0 Å². The predicted octanol–water partition coefficient (Wildman–Crippen LogP) is 1.79. The molecule has 0 aliphatic rings. The van der Waals surface area contributed by atoms with Crippen LogP contribution in [0.1, 0.15) is 16.3 Å². The van der Waals surface area contributed by atoms with Gasteiger partial charge in [0, 0.05) is 7.05 Å². The second-order valence-electron chi connectivity index (χ2n) is 4.34. The van der Waals surface area contributed by atoms with E-state index in [0.29, 0.717) is 18.6 Å². The van der Waals surface area contributed by atoms with Crippen molar-refractivity contribution in [2.24, 2.45) is 7.05 Å². The maximum absolute atomic E-state index is 12.2. The maximum Gasteiger partial charge on any atom is 0.329 e. The number of imidazole rings is 1. The molecule has 3 aromatic rings. The number of fused-ring (bicyclic) bond motifs is 1. The highest BCUT2D eigenvalue weighted by atomic mass is 16.3. The minimum atomic E-state index is -0.106. The van der Waals surface area contributed by atoms with Crippen LogP contribution in [0.4, 0.5) is 0 Å². The van der Waals surface area contributed by atoms with Crippen molar-refractivity contribution < 1.29 is 9.21 Å². The summed E-state index contributed by atoms with van der Waals surface area (Å²) in [5, 5.41) is 0. The fourth-order valence-corrected chi connectivity index (χ4v) is 2.21. The van der Waals surface area contributed by atoms with Crippen LogP contribution in [0.2, 0.25) is 0 Å². The van der Waals surface area contributed by atoms with Crippen LogP contribution in [-0.2, 0) is 13.6 Å². The van der Waals surface area contributed by atoms with Crippen LogP contribution < -0.4 is 5.69 Å². The highest BCUT2D eigenvalue weighted by molar-refractivity contribution is 5.76. The molecule has 3 rings (SSSR count). The summed E-state index contributed by atoms with van der Waals surface area (Å²) in [6.07, 6.45) is 0.648. The fourth-order valence-electron chi connectivity index (χ4n) is 2.21. The molecule has 0 aliphatic heterocycles. The average molecular weight is 256 g/mol. The third-order valence-electron chi connectivity index (χ3n) is 3.16. The number of furan rings is 1. The third-order valence-corrected chi connectivity index (χ3v) is 3.16. The SMILES string of the molecule is Cn1c(=O)n(Cc2ccc(C=O)o2)c2ccccc21. The largest absolute Gasteiger partial charge is 0.456 e. The molecule has 0 bridgehead atoms. The number of rotatable bonds is 3. The maximum atomic E-state index is 12.2. The number of aryl methyl sites for hydroxylation is 1. The summed E-state index contributed by atoms with van der Waals surface area (Å²) in [7, 11) is 1.74. The number of hydrogen-bond donors (Lipinski definition) is 0. The first-order valence-corrected chi connectivity index (χ1v) is 5.89. The molecule has 0 atom stereocenters. The molecule has 0 saturated carbocycles. The van der Waals surface area contributed by atoms with Crippen molar-refractivity contribution in [3.63, 3.8) is 0 Å². The molecule has 0 unspecified atom stereocenters. The van der Waals surface area contributed by atoms with E-state index in [1.165, 1.54) is 0 Å². The first-order chi connectivity index (χ1) is 9.20. The molecule has 96 valence electrons. The zero-order chi connectivity index (χ0) is 13.4. The minimum Gasteiger partial charge on any atom is -0.456 e. The lowest BCUT2D eigenvalue weighted by Crippen LogP contribution is -2.22. The second-order valence-corrected chi connectivity index (χ2v) is 4.34. The normalized spacial score (nSPS) is 11.0. The number of carbonyl (C=O) groups is 1. The van der Waals surface area contributed by atoms with Gasteiger partial charge >= 0.3 is 5.69 Å². The first kappa shape index (κ1) is 11.5. The van der Waals surface area contributed by atoms with E-state index < -0.39 is 0 Å². The number of hydrogen-bond acceptors (Lipinski definition) is 3. The summed E-state index contributed by atoms with van der Waals surface area (Å²) in [5.74, 6) is 0.851. The Morgan fingerprint density at radius 2 is 1.89 bits per heavy atom. The van der Waals surface area contributed by atoms with E-state index in [4.69, 9.17) is 4.42 Å². The van der Waals surface area contributed by atoms with Crippen molar-refractivity contribution in [1.82, 2.24) is 9.13 Å². The number of benzene rings is 1. The van der Waals surface area contributed by atoms with Gasteiger partial charge in [-0.3, -0.25) is 13.9 Å². The Hall–Kier alpha value is -2.56. The van der Waals surface area contributed by atoms with Gasteiger partial charge < -0.3 is 4.42 Å². The average Bonchev–Trinajstić information content (AvgIpc) is 2.99. The van der Waals surface area contributed by atoms with Gasteiger partial charge in [0.15, 0.2) is 12.0 Å². The molecular weight excluding hydrogens is 244 g/mol. The molecule has 0 amide bonds. The number of aldehydes is 1. The highest BCUT2D eigenvalue weighted by Crippen LogP contribution is 2.14. The van der Waals surface area contributed by atoms with Crippen molar-refractivity contribution in [2.45, 2.75) is 6.54 Å². The van der Waals surface area contributed by atoms with E-state index >= 15 is 0 Å². The molecule has 0 aliphatic carbocycles. The Morgan fingerprint density at radius 1 is 1.16 bits per heavy atom. The predicted molar refractivity (Wildman–Crippen MR) is 70.4 cm³/mol. The summed E-state index contributed by atoms with van der Waals surface area (Å²) < 4.78 is 8.54. The molecule has 5 heteroatoms. The second kappa shape index (κ2) is 4.28. The summed E-state index contributed by atoms with van der Waals surface area (Å²) in [5.41, 5.74) is 1.61. The lowest BCUT2D eigenvalue weighted by Gasteiger charge is -1.99. The van der Waals surface area contributed by atoms with Crippen molar-refractivity contribution in [2.75, 3.05) is 0 Å². The Kier molecular flexibility index (Phi) is 2.59. The van der Waals surface area contributed by atoms with Gasteiger partial charge in [-0.1, -0.05) is 12.1 Å². The monoisotopic (exact) mass is 256 g/mol. The van der Waals surface area contributed by atoms with Crippen LogP contribution in [0.25, 0.3) is 11.0 Å². The zero-order valence-corrected chi connectivity index (χ0v) is 10.4. The van der Waals surface area contributed by atoms with Gasteiger partial charge in [0.25, 0.3) is 0 Å². The van der Waals surface area contributed by atoms with E-state index in [0.717, 1.165) is 11.0 Å². The number of aromatic nitrogens is 2. The molecule has 0 spiro atoms. The molecule has 0 saturated heterocycles. The first-order valence-electron chi connectivity index (χ1n) is 5.89. The van der Waals surface area contributed by atoms with Crippen LogP contribution >= 0.6 is 0 Å². The smallest absolute Gasteiger partial charge is 0.329 e. The summed E-state index contributed by atoms with van der Waals surface area (Å²) in [6, 6.07) is 10.9. The fraction of sp³-hybridized carbons (Fsp3) is 0.143. The molecule has 2 aromatic heterocycles. The number of nitrogens with zero attached hydrogens (tertiary/aromatic N) is 2. The van der Waals surface area contributed by atoms with Gasteiger partial charge in [-0.2, -0.15) is 0 Å². The van der Waals surface area contributed by atoms with E-state index in [9.17, 15) is 9.59 Å². The third kappa shape index (κ3) is 1.79. The van der Waals surface area contributed by atoms with Gasteiger partial charge in [0.1, 0.15) is 5.76 Å². The van der Waals surface area contributed by atoms with E-state index in [1.54, 1.807) is 28.3 Å². The zero-order valence-electron chi connectivity index (χ0n) is 10.4. The Balaban J connectivity index is 2.12. The van der Waals surface area contributed by atoms with Gasteiger partial charge in [-0.05, 0) is 24.3 Å². The van der Waals surface area contributed by atoms with Gasteiger partial charge in [0.2, 0.25) is 0 Å². The van der Waals surface area contributed by atoms with Crippen LogP contribution in [0, 0.1) is 0 Å². The minimum absolute atomic E-state index is 0.106. The Labute approximate surface area is 108 Å². The molecule has 19 heavy (non-hydrogen) atoms. The summed E-state index contributed by atoms with van der Waals surface area (Å²) in [4.78, 5) is 22.8. The standard InChI is InChI=1S/C14H12N2O3/c1-15-12-4-2-3-5-13(12)16(14(15)18)8-10-6-7-11(9-17)19-10/h2-7,9H,8H2,1H3. The van der Waals surface area contributed by atoms with Gasteiger partial charge in [0.05, 0.1) is 17.6 Å². The molecule has 2 heterocycles. The van der Waals surface area contributed by atoms with E-state index in [-0.39, 0.29) is 11.4 Å². The Bertz CT molecular complexity index is 808. The number of carbonyl (C=O) groups excluding carboxylic acids is 1. The van der Waals surface area contributed by atoms with Crippen LogP contribution in [-0.4, -0.2) is 15.4 Å². The van der Waals surface area contributed by atoms with Gasteiger partial charge in [-0.15, -0.1) is 0 Å². The Morgan fingerprint density at radius 3 is 2.58 bits per heavy atom. The van der Waals surface area contributed by atoms with Crippen LogP contribution in [0.3, 0.4) is 0 Å². The van der Waals surface area contributed by atoms with Crippen LogP contribution in [0.5, 0.6) is 0 Å². The molecule has 0 radical (unpaired) electrons. The quantitative estimate of drug-likeness (QED) is 0.671. The molecule has 0 fully saturated rings. The van der Waals surface area contributed by atoms with Gasteiger partial charge in [-0.25, -0.2) is 4.79 Å². The topological polar surface area (TPSA) is 57.1 Å². The lowest BCUT2D eigenvalue weighted by atomic mass is 10.3. The molecule has 1 aromatic carbocycles. The number of para-hydroxylation sites is 2. The lowest BCUT2D eigenvalue weighted by molar-refractivity contribution is 0.109. The highest BCUT2D eigenvalue weighted by Gasteiger charge is 2.11. The van der Waals surface area contributed by atoms with Crippen molar-refractivity contribution in [3.8, 4) is 0 Å². The van der Waals surface area contributed by atoms with Crippen molar-refractivity contribution in [1.29, 1.82) is 0 Å². The molecule has 0 N–H and O–H groups in total. The van der Waals surface area contributed by atoms with E-state index in [1.807, 2.05) is 24.3 Å². The summed E-state index contributed by atoms with van der Waals surface area (Å²) in [6.45, 7) is 0.314. The van der Waals surface area contributed by atoms with Crippen molar-refractivity contribution in [3.05, 3.63) is 58.4 Å². The molecule has 5 nitrogen and oxygen atoms in total. The molecular formula is C14H12N2O3. The van der Waals surface area contributed by atoms with Crippen LogP contribution in [0.15, 0.2) is 45.6 Å².